The Morgan fingerprint density at radius 2 is 1.50 bits per heavy atom. The van der Waals surface area contributed by atoms with Crippen molar-refractivity contribution in [2.24, 2.45) is 0 Å². The average molecular weight is 483 g/mol. The second-order valence-electron chi connectivity index (χ2n) is 8.19. The lowest BCUT2D eigenvalue weighted by molar-refractivity contribution is 0.0939. The number of nitrogens with one attached hydrogen (secondary N) is 2. The van der Waals surface area contributed by atoms with E-state index in [1.807, 2.05) is 32.9 Å². The van der Waals surface area contributed by atoms with E-state index in [4.69, 9.17) is 9.47 Å². The number of hydrogen-bond acceptors (Lipinski definition) is 5. The van der Waals surface area contributed by atoms with Crippen LogP contribution in [0.2, 0.25) is 0 Å². The van der Waals surface area contributed by atoms with Crippen LogP contribution >= 0.6 is 0 Å². The molecule has 0 saturated carbocycles. The van der Waals surface area contributed by atoms with Crippen LogP contribution in [-0.4, -0.2) is 28.5 Å². The van der Waals surface area contributed by atoms with Gasteiger partial charge in [0, 0.05) is 11.3 Å². The molecule has 0 aliphatic heterocycles. The highest BCUT2D eigenvalue weighted by Gasteiger charge is 2.21. The summed E-state index contributed by atoms with van der Waals surface area (Å²) in [6.45, 7) is 7.42. The van der Waals surface area contributed by atoms with E-state index in [1.54, 1.807) is 57.5 Å². The molecule has 3 aromatic carbocycles. The van der Waals surface area contributed by atoms with Crippen LogP contribution < -0.4 is 19.5 Å². The van der Waals surface area contributed by atoms with Gasteiger partial charge in [-0.1, -0.05) is 18.2 Å². The maximum absolute atomic E-state index is 13.1. The predicted molar refractivity (Wildman–Crippen MR) is 133 cm³/mol. The van der Waals surface area contributed by atoms with E-state index in [0.717, 1.165) is 16.7 Å². The molecule has 0 aromatic heterocycles. The molecular formula is C26H30N2O5S. The van der Waals surface area contributed by atoms with Crippen LogP contribution in [0.15, 0.2) is 59.5 Å². The summed E-state index contributed by atoms with van der Waals surface area (Å²) in [6.07, 6.45) is 0. The van der Waals surface area contributed by atoms with Crippen LogP contribution in [0.1, 0.15) is 45.6 Å². The Kier molecular flexibility index (Phi) is 7.51. The standard InChI is InChI=1S/C26H30N2O5S/c1-16-8-11-22(13-18(16)3)28-34(30,31)25-15-21(9-7-17(25)2)26(29)27-19(4)20-10-12-23(32-5)24(14-20)33-6/h7-15,19,28H,1-6H3,(H,27,29). The number of carbonyl (C=O) groups excluding carboxylic acids is 1. The number of carbonyl (C=O) groups is 1. The molecule has 0 bridgehead atoms. The van der Waals surface area contributed by atoms with Crippen LogP contribution in [0.5, 0.6) is 11.5 Å². The van der Waals surface area contributed by atoms with Crippen molar-refractivity contribution in [3.63, 3.8) is 0 Å². The fourth-order valence-corrected chi connectivity index (χ4v) is 4.85. The first-order valence-electron chi connectivity index (χ1n) is 10.8. The van der Waals surface area contributed by atoms with Crippen molar-refractivity contribution in [3.05, 3.63) is 82.4 Å². The molecule has 3 aromatic rings. The highest BCUT2D eigenvalue weighted by atomic mass is 32.2. The molecule has 8 heteroatoms. The van der Waals surface area contributed by atoms with E-state index in [1.165, 1.54) is 6.07 Å². The Labute approximate surface area is 201 Å². The van der Waals surface area contributed by atoms with Crippen LogP contribution in [0.3, 0.4) is 0 Å². The summed E-state index contributed by atoms with van der Waals surface area (Å²) in [4.78, 5) is 13.0. The first-order valence-corrected chi connectivity index (χ1v) is 12.3. The van der Waals surface area contributed by atoms with Crippen LogP contribution in [0, 0.1) is 20.8 Å². The largest absolute Gasteiger partial charge is 0.493 e. The fourth-order valence-electron chi connectivity index (χ4n) is 3.53. The molecule has 7 nitrogen and oxygen atoms in total. The molecule has 0 aliphatic carbocycles. The molecule has 0 heterocycles. The van der Waals surface area contributed by atoms with Crippen molar-refractivity contribution >= 4 is 21.6 Å². The van der Waals surface area contributed by atoms with Gasteiger partial charge < -0.3 is 14.8 Å². The third-order valence-corrected chi connectivity index (χ3v) is 7.28. The monoisotopic (exact) mass is 482 g/mol. The second kappa shape index (κ2) is 10.2. The van der Waals surface area contributed by atoms with Gasteiger partial charge in [-0.25, -0.2) is 8.42 Å². The van der Waals surface area contributed by atoms with Crippen molar-refractivity contribution in [3.8, 4) is 11.5 Å². The number of methoxy groups -OCH3 is 2. The average Bonchev–Trinajstić information content (AvgIpc) is 2.80. The minimum atomic E-state index is -3.89. The lowest BCUT2D eigenvalue weighted by Crippen LogP contribution is -2.27. The number of rotatable bonds is 8. The van der Waals surface area contributed by atoms with E-state index < -0.39 is 10.0 Å². The predicted octanol–water partition coefficient (Wildman–Crippen LogP) is 4.92. The highest BCUT2D eigenvalue weighted by Crippen LogP contribution is 2.30. The fraction of sp³-hybridized carbons (Fsp3) is 0.269. The maximum atomic E-state index is 13.1. The summed E-state index contributed by atoms with van der Waals surface area (Å²) in [5, 5.41) is 2.91. The topological polar surface area (TPSA) is 93.7 Å². The van der Waals surface area contributed by atoms with Crippen molar-refractivity contribution in [1.82, 2.24) is 5.32 Å². The van der Waals surface area contributed by atoms with Gasteiger partial charge in [-0.15, -0.1) is 0 Å². The Balaban J connectivity index is 1.83. The summed E-state index contributed by atoms with van der Waals surface area (Å²) in [6, 6.07) is 15.1. The maximum Gasteiger partial charge on any atom is 0.262 e. The zero-order chi connectivity index (χ0) is 25.0. The zero-order valence-corrected chi connectivity index (χ0v) is 21.0. The molecule has 0 aliphatic rings. The summed E-state index contributed by atoms with van der Waals surface area (Å²) in [7, 11) is -0.785. The molecule has 0 radical (unpaired) electrons. The number of aryl methyl sites for hydroxylation is 3. The molecule has 1 unspecified atom stereocenters. The van der Waals surface area contributed by atoms with Crippen molar-refractivity contribution < 1.29 is 22.7 Å². The van der Waals surface area contributed by atoms with Gasteiger partial charge in [0.2, 0.25) is 0 Å². The number of hydrogen-bond donors (Lipinski definition) is 2. The second-order valence-corrected chi connectivity index (χ2v) is 9.85. The number of amides is 1. The molecule has 2 N–H and O–H groups in total. The third-order valence-electron chi connectivity index (χ3n) is 5.75. The Morgan fingerprint density at radius 3 is 2.15 bits per heavy atom. The quantitative estimate of drug-likeness (QED) is 0.475. The smallest absolute Gasteiger partial charge is 0.262 e. The molecular weight excluding hydrogens is 452 g/mol. The Hall–Kier alpha value is -3.52. The van der Waals surface area contributed by atoms with Gasteiger partial charge in [-0.05, 0) is 86.3 Å². The minimum Gasteiger partial charge on any atom is -0.493 e. The van der Waals surface area contributed by atoms with Crippen LogP contribution in [0.25, 0.3) is 0 Å². The third kappa shape index (κ3) is 5.51. The van der Waals surface area contributed by atoms with Gasteiger partial charge in [0.05, 0.1) is 25.2 Å². The Bertz CT molecular complexity index is 1320. The van der Waals surface area contributed by atoms with Crippen molar-refractivity contribution in [2.75, 3.05) is 18.9 Å². The lowest BCUT2D eigenvalue weighted by Gasteiger charge is -2.17. The van der Waals surface area contributed by atoms with Gasteiger partial charge in [0.15, 0.2) is 11.5 Å². The van der Waals surface area contributed by atoms with Gasteiger partial charge >= 0.3 is 0 Å². The Morgan fingerprint density at radius 1 is 0.824 bits per heavy atom. The van der Waals surface area contributed by atoms with Gasteiger partial charge in [0.1, 0.15) is 0 Å². The number of anilines is 1. The molecule has 0 fully saturated rings. The van der Waals surface area contributed by atoms with Gasteiger partial charge in [-0.2, -0.15) is 0 Å². The van der Waals surface area contributed by atoms with E-state index in [2.05, 4.69) is 10.0 Å². The molecule has 180 valence electrons. The summed E-state index contributed by atoms with van der Waals surface area (Å²) in [5.41, 5.74) is 4.14. The van der Waals surface area contributed by atoms with E-state index in [0.29, 0.717) is 22.7 Å². The highest BCUT2D eigenvalue weighted by molar-refractivity contribution is 7.92. The van der Waals surface area contributed by atoms with Crippen molar-refractivity contribution in [1.29, 1.82) is 0 Å². The summed E-state index contributed by atoms with van der Waals surface area (Å²) in [5.74, 6) is 0.765. The number of sulfonamides is 1. The molecule has 1 amide bonds. The molecule has 34 heavy (non-hydrogen) atoms. The molecule has 0 spiro atoms. The first-order chi connectivity index (χ1) is 16.1. The van der Waals surface area contributed by atoms with E-state index in [9.17, 15) is 13.2 Å². The van der Waals surface area contributed by atoms with E-state index >= 15 is 0 Å². The molecule has 3 rings (SSSR count). The lowest BCUT2D eigenvalue weighted by atomic mass is 10.1. The molecule has 0 saturated heterocycles. The molecule has 1 atom stereocenters. The first kappa shape index (κ1) is 25.1. The number of benzene rings is 3. The minimum absolute atomic E-state index is 0.0529. The van der Waals surface area contributed by atoms with Gasteiger partial charge in [-0.3, -0.25) is 9.52 Å². The zero-order valence-electron chi connectivity index (χ0n) is 20.2. The van der Waals surface area contributed by atoms with E-state index in [-0.39, 0.29) is 22.4 Å². The summed E-state index contributed by atoms with van der Waals surface area (Å²) >= 11 is 0. The number of ether oxygens (including phenoxy) is 2. The van der Waals surface area contributed by atoms with Crippen LogP contribution in [-0.2, 0) is 10.0 Å². The summed E-state index contributed by atoms with van der Waals surface area (Å²) < 4.78 is 39.4. The van der Waals surface area contributed by atoms with Gasteiger partial charge in [0.25, 0.3) is 15.9 Å². The van der Waals surface area contributed by atoms with Crippen LogP contribution in [0.4, 0.5) is 5.69 Å². The SMILES string of the molecule is COc1ccc(C(C)NC(=O)c2ccc(C)c(S(=O)(=O)Nc3ccc(C)c(C)c3)c2)cc1OC. The van der Waals surface area contributed by atoms with Crippen molar-refractivity contribution in [2.45, 2.75) is 38.6 Å². The normalized spacial score (nSPS) is 12.1.